The molecule has 0 bridgehead atoms. The van der Waals surface area contributed by atoms with Crippen molar-refractivity contribution in [2.75, 3.05) is 7.05 Å². The number of aryl methyl sites for hydroxylation is 1. The van der Waals surface area contributed by atoms with Gasteiger partial charge < -0.3 is 14.8 Å². The summed E-state index contributed by atoms with van der Waals surface area (Å²) in [6.45, 7) is 8.17. The van der Waals surface area contributed by atoms with Crippen molar-refractivity contribution in [1.82, 2.24) is 5.32 Å². The first-order valence-corrected chi connectivity index (χ1v) is 9.59. The van der Waals surface area contributed by atoms with E-state index >= 15 is 4.39 Å². The molecule has 0 saturated carbocycles. The Morgan fingerprint density at radius 1 is 1.25 bits per heavy atom. The average Bonchev–Trinajstić information content (AvgIpc) is 3.02. The molecule has 1 unspecified atom stereocenters. The van der Waals surface area contributed by atoms with Crippen LogP contribution in [-0.2, 0) is 23.4 Å². The Balaban J connectivity index is 2.00. The Morgan fingerprint density at radius 3 is 2.54 bits per heavy atom. The highest BCUT2D eigenvalue weighted by molar-refractivity contribution is 5.68. The van der Waals surface area contributed by atoms with Gasteiger partial charge in [-0.1, -0.05) is 51.1 Å². The molecule has 28 heavy (non-hydrogen) atoms. The molecule has 1 amide bonds. The summed E-state index contributed by atoms with van der Waals surface area (Å²) in [7, 11) is 1.53. The highest BCUT2D eigenvalue weighted by Gasteiger charge is 2.52. The van der Waals surface area contributed by atoms with Crippen LogP contribution in [0.4, 0.5) is 9.18 Å². The molecule has 150 valence electrons. The number of nitrogens with one attached hydrogen (secondary N) is 1. The zero-order valence-electron chi connectivity index (χ0n) is 17.2. The number of amides is 1. The highest BCUT2D eigenvalue weighted by Crippen LogP contribution is 2.53. The number of carbonyl (C=O) groups excluding carboxylic acids is 1. The van der Waals surface area contributed by atoms with E-state index in [2.05, 4.69) is 5.32 Å². The lowest BCUT2D eigenvalue weighted by Gasteiger charge is -2.42. The molecule has 0 heterocycles. The Labute approximate surface area is 166 Å². The van der Waals surface area contributed by atoms with Crippen LogP contribution in [0.2, 0.25) is 0 Å². The molecular formula is C23H28FNO3. The van der Waals surface area contributed by atoms with E-state index in [9.17, 15) is 4.79 Å². The van der Waals surface area contributed by atoms with E-state index in [0.29, 0.717) is 30.6 Å². The lowest BCUT2D eigenvalue weighted by Crippen LogP contribution is -2.44. The molecule has 1 N–H and O–H groups in total. The first-order valence-electron chi connectivity index (χ1n) is 9.59. The van der Waals surface area contributed by atoms with E-state index < -0.39 is 17.1 Å². The number of halogens is 1. The Hall–Kier alpha value is -2.56. The molecule has 2 aromatic rings. The number of hydrogen-bond acceptors (Lipinski definition) is 3. The molecule has 1 aliphatic rings. The summed E-state index contributed by atoms with van der Waals surface area (Å²) in [5.74, 6) is -0.0789. The van der Waals surface area contributed by atoms with Crippen LogP contribution in [0.5, 0.6) is 5.75 Å². The van der Waals surface area contributed by atoms with Crippen molar-refractivity contribution >= 4 is 6.09 Å². The van der Waals surface area contributed by atoms with Crippen LogP contribution < -0.4 is 10.1 Å². The van der Waals surface area contributed by atoms with Gasteiger partial charge in [0.25, 0.3) is 0 Å². The van der Waals surface area contributed by atoms with E-state index in [4.69, 9.17) is 9.47 Å². The van der Waals surface area contributed by atoms with E-state index in [1.54, 1.807) is 0 Å². The maximum absolute atomic E-state index is 15.4. The third-order valence-electron chi connectivity index (χ3n) is 5.58. The molecule has 4 nitrogen and oxygen atoms in total. The third-order valence-corrected chi connectivity index (χ3v) is 5.58. The Kier molecular flexibility index (Phi) is 5.37. The normalized spacial score (nSPS) is 18.5. The van der Waals surface area contributed by atoms with Crippen molar-refractivity contribution in [3.8, 4) is 5.75 Å². The van der Waals surface area contributed by atoms with E-state index in [0.717, 1.165) is 11.1 Å². The predicted molar refractivity (Wildman–Crippen MR) is 107 cm³/mol. The molecule has 2 aromatic carbocycles. The molecule has 5 heteroatoms. The summed E-state index contributed by atoms with van der Waals surface area (Å²) in [6.07, 6.45) is 0.528. The van der Waals surface area contributed by atoms with Gasteiger partial charge in [0, 0.05) is 18.0 Å². The van der Waals surface area contributed by atoms with Crippen LogP contribution in [0.25, 0.3) is 0 Å². The molecule has 0 aliphatic heterocycles. The zero-order valence-corrected chi connectivity index (χ0v) is 17.2. The van der Waals surface area contributed by atoms with Gasteiger partial charge in [0.05, 0.1) is 0 Å². The maximum atomic E-state index is 15.4. The van der Waals surface area contributed by atoms with Gasteiger partial charge in [-0.2, -0.15) is 0 Å². The largest absolute Gasteiger partial charge is 0.486 e. The number of benzene rings is 2. The maximum Gasteiger partial charge on any atom is 0.407 e. The summed E-state index contributed by atoms with van der Waals surface area (Å²) in [6, 6.07) is 11.6. The second-order valence-corrected chi connectivity index (χ2v) is 8.35. The summed E-state index contributed by atoms with van der Waals surface area (Å²) >= 11 is 0. The standard InChI is InChI=1S/C23H28FNO3/c1-15-13-18-17(11-12-23(18,22(2,3)4)28-21(26)25-5)19(24)20(15)27-14-16-9-7-6-8-10-16/h6-10,13H,11-12,14H2,1-5H3,(H,25,26). The van der Waals surface area contributed by atoms with Crippen molar-refractivity contribution < 1.29 is 18.7 Å². The quantitative estimate of drug-likeness (QED) is 0.781. The van der Waals surface area contributed by atoms with Gasteiger partial charge in [-0.05, 0) is 42.5 Å². The molecule has 1 aliphatic carbocycles. The lowest BCUT2D eigenvalue weighted by atomic mass is 9.72. The van der Waals surface area contributed by atoms with E-state index in [1.807, 2.05) is 64.1 Å². The summed E-state index contributed by atoms with van der Waals surface area (Å²) in [5, 5.41) is 2.52. The predicted octanol–water partition coefficient (Wildman–Crippen LogP) is 5.26. The monoisotopic (exact) mass is 385 g/mol. The molecule has 1 atom stereocenters. The van der Waals surface area contributed by atoms with Gasteiger partial charge in [0.1, 0.15) is 12.2 Å². The second-order valence-electron chi connectivity index (χ2n) is 8.35. The van der Waals surface area contributed by atoms with Crippen LogP contribution >= 0.6 is 0 Å². The number of ether oxygens (including phenoxy) is 2. The van der Waals surface area contributed by atoms with Gasteiger partial charge in [-0.3, -0.25) is 0 Å². The first-order chi connectivity index (χ1) is 13.2. The molecule has 0 saturated heterocycles. The fraction of sp³-hybridized carbons (Fsp3) is 0.435. The zero-order chi connectivity index (χ0) is 20.5. The smallest absolute Gasteiger partial charge is 0.407 e. The third kappa shape index (κ3) is 3.46. The summed E-state index contributed by atoms with van der Waals surface area (Å²) in [4.78, 5) is 12.1. The van der Waals surface area contributed by atoms with Crippen LogP contribution in [0, 0.1) is 18.2 Å². The SMILES string of the molecule is CNC(=O)OC1(C(C)(C)C)CCc2c1cc(C)c(OCc1ccccc1)c2F. The van der Waals surface area contributed by atoms with Crippen LogP contribution in [0.3, 0.4) is 0 Å². The van der Waals surface area contributed by atoms with Crippen molar-refractivity contribution in [1.29, 1.82) is 0 Å². The minimum absolute atomic E-state index is 0.271. The highest BCUT2D eigenvalue weighted by atomic mass is 19.1. The molecule has 0 aromatic heterocycles. The Morgan fingerprint density at radius 2 is 1.93 bits per heavy atom. The van der Waals surface area contributed by atoms with Crippen LogP contribution in [0.15, 0.2) is 36.4 Å². The fourth-order valence-electron chi connectivity index (χ4n) is 3.99. The Bertz CT molecular complexity index is 874. The number of rotatable bonds is 4. The minimum Gasteiger partial charge on any atom is -0.486 e. The molecule has 0 spiro atoms. The van der Waals surface area contributed by atoms with Crippen molar-refractivity contribution in [3.63, 3.8) is 0 Å². The molecular weight excluding hydrogens is 357 g/mol. The minimum atomic E-state index is -0.883. The number of hydrogen-bond donors (Lipinski definition) is 1. The van der Waals surface area contributed by atoms with Crippen molar-refractivity contribution in [3.05, 3.63) is 64.5 Å². The number of carbonyl (C=O) groups is 1. The molecule has 0 fully saturated rings. The van der Waals surface area contributed by atoms with Crippen LogP contribution in [-0.4, -0.2) is 13.1 Å². The lowest BCUT2D eigenvalue weighted by molar-refractivity contribution is -0.0722. The first kappa shape index (κ1) is 20.2. The van der Waals surface area contributed by atoms with Crippen molar-refractivity contribution in [2.24, 2.45) is 5.41 Å². The van der Waals surface area contributed by atoms with Crippen LogP contribution in [0.1, 0.15) is 49.4 Å². The van der Waals surface area contributed by atoms with Gasteiger partial charge in [-0.15, -0.1) is 0 Å². The summed E-state index contributed by atoms with van der Waals surface area (Å²) in [5.41, 5.74) is 1.72. The van der Waals surface area contributed by atoms with Gasteiger partial charge in [0.2, 0.25) is 0 Å². The number of alkyl carbamates (subject to hydrolysis) is 1. The summed E-state index contributed by atoms with van der Waals surface area (Å²) < 4.78 is 27.1. The number of fused-ring (bicyclic) bond motifs is 1. The van der Waals surface area contributed by atoms with E-state index in [1.165, 1.54) is 7.05 Å². The van der Waals surface area contributed by atoms with Crippen molar-refractivity contribution in [2.45, 2.75) is 52.7 Å². The topological polar surface area (TPSA) is 47.6 Å². The average molecular weight is 385 g/mol. The van der Waals surface area contributed by atoms with E-state index in [-0.39, 0.29) is 11.6 Å². The van der Waals surface area contributed by atoms with Gasteiger partial charge >= 0.3 is 6.09 Å². The second kappa shape index (κ2) is 7.46. The molecule has 0 radical (unpaired) electrons. The van der Waals surface area contributed by atoms with Gasteiger partial charge in [0.15, 0.2) is 11.6 Å². The molecule has 3 rings (SSSR count). The fourth-order valence-corrected chi connectivity index (χ4v) is 3.99. The van der Waals surface area contributed by atoms with Gasteiger partial charge in [-0.25, -0.2) is 9.18 Å².